The van der Waals surface area contributed by atoms with Crippen molar-refractivity contribution in [3.8, 4) is 5.75 Å². The van der Waals surface area contributed by atoms with Crippen molar-refractivity contribution >= 4 is 34.1 Å². The van der Waals surface area contributed by atoms with E-state index in [9.17, 15) is 4.79 Å². The second-order valence-electron chi connectivity index (χ2n) is 6.37. The second kappa shape index (κ2) is 6.92. The molecule has 2 heterocycles. The number of piperazine rings is 1. The number of H-pyrrole nitrogens is 1. The molecule has 2 aromatic carbocycles. The number of rotatable bonds is 3. The lowest BCUT2D eigenvalue weighted by Gasteiger charge is -2.36. The zero-order valence-corrected chi connectivity index (χ0v) is 15.3. The Morgan fingerprint density at radius 2 is 1.92 bits per heavy atom. The van der Waals surface area contributed by atoms with E-state index in [1.54, 1.807) is 13.3 Å². The van der Waals surface area contributed by atoms with Crippen LogP contribution in [-0.4, -0.2) is 49.1 Å². The van der Waals surface area contributed by atoms with E-state index >= 15 is 0 Å². The molecular weight excluding hydrogens is 350 g/mol. The highest BCUT2D eigenvalue weighted by Crippen LogP contribution is 2.26. The van der Waals surface area contributed by atoms with E-state index in [1.165, 1.54) is 0 Å². The third-order valence-electron chi connectivity index (χ3n) is 4.86. The summed E-state index contributed by atoms with van der Waals surface area (Å²) in [5, 5.41) is 1.63. The van der Waals surface area contributed by atoms with E-state index in [4.69, 9.17) is 16.3 Å². The van der Waals surface area contributed by atoms with Crippen LogP contribution in [0.5, 0.6) is 5.75 Å². The summed E-state index contributed by atoms with van der Waals surface area (Å²) >= 11 is 6.09. The van der Waals surface area contributed by atoms with Gasteiger partial charge in [-0.05, 0) is 36.4 Å². The fraction of sp³-hybridized carbons (Fsp3) is 0.250. The van der Waals surface area contributed by atoms with Gasteiger partial charge in [-0.2, -0.15) is 0 Å². The molecule has 0 atom stereocenters. The van der Waals surface area contributed by atoms with E-state index in [2.05, 4.69) is 16.0 Å². The normalized spacial score (nSPS) is 14.7. The summed E-state index contributed by atoms with van der Waals surface area (Å²) < 4.78 is 5.29. The van der Waals surface area contributed by atoms with Crippen LogP contribution in [0.2, 0.25) is 5.02 Å². The van der Waals surface area contributed by atoms with Crippen molar-refractivity contribution in [1.29, 1.82) is 0 Å². The molecular formula is C20H20ClN3O2. The van der Waals surface area contributed by atoms with Gasteiger partial charge < -0.3 is 19.5 Å². The number of benzene rings is 2. The minimum absolute atomic E-state index is 0.0512. The molecule has 1 N–H and O–H groups in total. The van der Waals surface area contributed by atoms with Crippen LogP contribution in [0.15, 0.2) is 48.7 Å². The average molecular weight is 370 g/mol. The van der Waals surface area contributed by atoms with Gasteiger partial charge in [-0.25, -0.2) is 0 Å². The van der Waals surface area contributed by atoms with Crippen LogP contribution >= 0.6 is 11.6 Å². The number of methoxy groups -OCH3 is 1. The SMILES string of the molecule is COc1ccc2[nH]cc(C(=O)N3CCN(c4cccc(Cl)c4)CC3)c2c1. The molecule has 5 nitrogen and oxygen atoms in total. The number of hydrogen-bond donors (Lipinski definition) is 1. The summed E-state index contributed by atoms with van der Waals surface area (Å²) in [6, 6.07) is 13.6. The molecule has 0 radical (unpaired) electrons. The molecule has 1 aliphatic heterocycles. The number of carbonyl (C=O) groups excluding carboxylic acids is 1. The topological polar surface area (TPSA) is 48.6 Å². The monoisotopic (exact) mass is 369 g/mol. The number of amides is 1. The van der Waals surface area contributed by atoms with Crippen LogP contribution in [0.4, 0.5) is 5.69 Å². The Hall–Kier alpha value is -2.66. The smallest absolute Gasteiger partial charge is 0.256 e. The first-order valence-electron chi connectivity index (χ1n) is 8.60. The zero-order chi connectivity index (χ0) is 18.1. The minimum atomic E-state index is 0.0512. The number of fused-ring (bicyclic) bond motifs is 1. The molecule has 26 heavy (non-hydrogen) atoms. The fourth-order valence-electron chi connectivity index (χ4n) is 3.41. The number of hydrogen-bond acceptors (Lipinski definition) is 3. The summed E-state index contributed by atoms with van der Waals surface area (Å²) in [6.07, 6.45) is 1.79. The maximum atomic E-state index is 13.0. The largest absolute Gasteiger partial charge is 0.497 e. The molecule has 1 aliphatic rings. The van der Waals surface area contributed by atoms with Gasteiger partial charge in [0.25, 0.3) is 5.91 Å². The lowest BCUT2D eigenvalue weighted by molar-refractivity contribution is 0.0749. The maximum absolute atomic E-state index is 13.0. The van der Waals surface area contributed by atoms with Crippen molar-refractivity contribution in [3.63, 3.8) is 0 Å². The van der Waals surface area contributed by atoms with Gasteiger partial charge in [0, 0.05) is 54.0 Å². The van der Waals surface area contributed by atoms with E-state index in [-0.39, 0.29) is 5.91 Å². The molecule has 0 unspecified atom stereocenters. The second-order valence-corrected chi connectivity index (χ2v) is 6.81. The molecule has 0 aliphatic carbocycles. The number of nitrogens with zero attached hydrogens (tertiary/aromatic N) is 2. The summed E-state index contributed by atoms with van der Waals surface area (Å²) in [4.78, 5) is 20.3. The number of nitrogens with one attached hydrogen (secondary N) is 1. The van der Waals surface area contributed by atoms with Crippen LogP contribution in [0, 0.1) is 0 Å². The van der Waals surface area contributed by atoms with Crippen molar-refractivity contribution < 1.29 is 9.53 Å². The number of halogens is 1. The Kier molecular flexibility index (Phi) is 4.47. The van der Waals surface area contributed by atoms with Crippen LogP contribution in [0.3, 0.4) is 0 Å². The molecule has 3 aromatic rings. The first kappa shape index (κ1) is 16.8. The van der Waals surface area contributed by atoms with Gasteiger partial charge in [0.05, 0.1) is 12.7 Å². The molecule has 6 heteroatoms. The highest BCUT2D eigenvalue weighted by molar-refractivity contribution is 6.30. The number of aromatic nitrogens is 1. The van der Waals surface area contributed by atoms with Gasteiger partial charge in [-0.3, -0.25) is 4.79 Å². The number of carbonyl (C=O) groups is 1. The predicted octanol–water partition coefficient (Wildman–Crippen LogP) is 3.79. The fourth-order valence-corrected chi connectivity index (χ4v) is 3.60. The predicted molar refractivity (Wildman–Crippen MR) is 104 cm³/mol. The van der Waals surface area contributed by atoms with Crippen LogP contribution < -0.4 is 9.64 Å². The molecule has 0 bridgehead atoms. The number of ether oxygens (including phenoxy) is 1. The van der Waals surface area contributed by atoms with Gasteiger partial charge >= 0.3 is 0 Å². The Morgan fingerprint density at radius 3 is 2.65 bits per heavy atom. The van der Waals surface area contributed by atoms with E-state index in [1.807, 2.05) is 41.3 Å². The van der Waals surface area contributed by atoms with Crippen molar-refractivity contribution in [1.82, 2.24) is 9.88 Å². The van der Waals surface area contributed by atoms with Crippen LogP contribution in [0.1, 0.15) is 10.4 Å². The minimum Gasteiger partial charge on any atom is -0.497 e. The Bertz CT molecular complexity index is 945. The van der Waals surface area contributed by atoms with Crippen molar-refractivity contribution in [2.24, 2.45) is 0 Å². The third kappa shape index (κ3) is 3.10. The summed E-state index contributed by atoms with van der Waals surface area (Å²) in [5.74, 6) is 0.798. The first-order valence-corrected chi connectivity index (χ1v) is 8.98. The average Bonchev–Trinajstić information content (AvgIpc) is 3.10. The van der Waals surface area contributed by atoms with Gasteiger partial charge in [0.15, 0.2) is 0 Å². The highest BCUT2D eigenvalue weighted by atomic mass is 35.5. The van der Waals surface area contributed by atoms with Gasteiger partial charge in [-0.1, -0.05) is 17.7 Å². The van der Waals surface area contributed by atoms with Gasteiger partial charge in [0.2, 0.25) is 0 Å². The molecule has 1 amide bonds. The van der Waals surface area contributed by atoms with E-state index in [0.29, 0.717) is 18.7 Å². The van der Waals surface area contributed by atoms with Crippen molar-refractivity contribution in [2.45, 2.75) is 0 Å². The lowest BCUT2D eigenvalue weighted by Crippen LogP contribution is -2.48. The lowest BCUT2D eigenvalue weighted by atomic mass is 10.1. The Balaban J connectivity index is 1.50. The number of anilines is 1. The molecule has 1 aromatic heterocycles. The molecule has 1 fully saturated rings. The summed E-state index contributed by atoms with van der Waals surface area (Å²) in [5.41, 5.74) is 2.73. The van der Waals surface area contributed by atoms with Crippen molar-refractivity contribution in [3.05, 3.63) is 59.2 Å². The molecule has 0 spiro atoms. The number of aromatic amines is 1. The molecule has 4 rings (SSSR count). The van der Waals surface area contributed by atoms with E-state index < -0.39 is 0 Å². The molecule has 0 saturated carbocycles. The van der Waals surface area contributed by atoms with E-state index in [0.717, 1.165) is 40.5 Å². The summed E-state index contributed by atoms with van der Waals surface area (Å²) in [6.45, 7) is 2.94. The quantitative estimate of drug-likeness (QED) is 0.764. The first-order chi connectivity index (χ1) is 12.7. The van der Waals surface area contributed by atoms with Gasteiger partial charge in [0.1, 0.15) is 5.75 Å². The maximum Gasteiger partial charge on any atom is 0.256 e. The Morgan fingerprint density at radius 1 is 1.12 bits per heavy atom. The third-order valence-corrected chi connectivity index (χ3v) is 5.09. The van der Waals surface area contributed by atoms with Gasteiger partial charge in [-0.15, -0.1) is 0 Å². The standard InChI is InChI=1S/C20H20ClN3O2/c1-26-16-5-6-19-17(12-16)18(13-22-19)20(25)24-9-7-23(8-10-24)15-4-2-3-14(21)11-15/h2-6,11-13,22H,7-10H2,1H3. The Labute approximate surface area is 157 Å². The van der Waals surface area contributed by atoms with Crippen LogP contribution in [-0.2, 0) is 0 Å². The van der Waals surface area contributed by atoms with Crippen LogP contribution in [0.25, 0.3) is 10.9 Å². The van der Waals surface area contributed by atoms with Crippen molar-refractivity contribution in [2.75, 3.05) is 38.2 Å². The molecule has 134 valence electrons. The molecule has 1 saturated heterocycles. The summed E-state index contributed by atoms with van der Waals surface area (Å²) in [7, 11) is 1.63. The zero-order valence-electron chi connectivity index (χ0n) is 14.5. The highest BCUT2D eigenvalue weighted by Gasteiger charge is 2.24.